The van der Waals surface area contributed by atoms with Crippen LogP contribution < -0.4 is 0 Å². The van der Waals surface area contributed by atoms with E-state index in [0.717, 1.165) is 50.9 Å². The van der Waals surface area contributed by atoms with Gasteiger partial charge in [0.15, 0.2) is 9.84 Å². The Hall–Kier alpha value is -1.40. The molecule has 2 aliphatic rings. The quantitative estimate of drug-likeness (QED) is 0.824. The number of carbonyl (C=O) groups is 1. The molecular weight excluding hydrogens is 336 g/mol. The second-order valence-corrected chi connectivity index (χ2v) is 9.71. The minimum absolute atomic E-state index is 0.202. The zero-order valence-corrected chi connectivity index (χ0v) is 16.2. The fraction of sp³-hybridized carbons (Fsp3) is 0.632. The van der Waals surface area contributed by atoms with Crippen molar-refractivity contribution in [3.63, 3.8) is 0 Å². The van der Waals surface area contributed by atoms with Crippen LogP contribution in [0.3, 0.4) is 0 Å². The number of likely N-dealkylation sites (N-methyl/N-ethyl adjacent to an activating group) is 1. The van der Waals surface area contributed by atoms with Gasteiger partial charge in [-0.15, -0.1) is 0 Å². The van der Waals surface area contributed by atoms with Crippen molar-refractivity contribution in [2.45, 2.75) is 49.0 Å². The van der Waals surface area contributed by atoms with Gasteiger partial charge >= 0.3 is 0 Å². The van der Waals surface area contributed by atoms with E-state index in [2.05, 4.69) is 18.9 Å². The van der Waals surface area contributed by atoms with Gasteiger partial charge in [-0.2, -0.15) is 0 Å². The van der Waals surface area contributed by atoms with Gasteiger partial charge in [-0.05, 0) is 57.5 Å². The maximum Gasteiger partial charge on any atom is 0.233 e. The van der Waals surface area contributed by atoms with Gasteiger partial charge in [0, 0.05) is 25.4 Å². The first-order chi connectivity index (χ1) is 11.7. The Morgan fingerprint density at radius 2 is 1.76 bits per heavy atom. The van der Waals surface area contributed by atoms with E-state index in [-0.39, 0.29) is 11.9 Å². The number of hydrogen-bond acceptors (Lipinski definition) is 4. The first-order valence-electron chi connectivity index (χ1n) is 9.04. The van der Waals surface area contributed by atoms with Crippen LogP contribution in [0.4, 0.5) is 0 Å². The average molecular weight is 365 g/mol. The van der Waals surface area contributed by atoms with Crippen LogP contribution in [0.2, 0.25) is 0 Å². The molecule has 0 radical (unpaired) electrons. The molecule has 1 saturated carbocycles. The monoisotopic (exact) mass is 364 g/mol. The number of hydrogen-bond donors (Lipinski definition) is 0. The van der Waals surface area contributed by atoms with Crippen LogP contribution in [-0.4, -0.2) is 63.1 Å². The SMILES string of the molecule is C[C@H]1CN(C)CCCN1C(=O)C1(c2ccc(S(C)(=O)=O)cc2)CCC1. The molecule has 0 bridgehead atoms. The molecule has 1 amide bonds. The fourth-order valence-corrected chi connectivity index (χ4v) is 4.76. The smallest absolute Gasteiger partial charge is 0.233 e. The maximum absolute atomic E-state index is 13.4. The summed E-state index contributed by atoms with van der Waals surface area (Å²) in [4.78, 5) is 18.1. The minimum atomic E-state index is -3.22. The molecule has 1 aliphatic heterocycles. The van der Waals surface area contributed by atoms with Crippen LogP contribution in [0.5, 0.6) is 0 Å². The van der Waals surface area contributed by atoms with Crippen molar-refractivity contribution in [2.75, 3.05) is 32.9 Å². The van der Waals surface area contributed by atoms with Gasteiger partial charge in [-0.1, -0.05) is 18.6 Å². The zero-order valence-electron chi connectivity index (χ0n) is 15.4. The normalized spacial score (nSPS) is 24.4. The number of amides is 1. The van der Waals surface area contributed by atoms with Crippen molar-refractivity contribution in [1.29, 1.82) is 0 Å². The molecule has 1 aromatic carbocycles. The minimum Gasteiger partial charge on any atom is -0.338 e. The van der Waals surface area contributed by atoms with E-state index in [1.807, 2.05) is 17.0 Å². The van der Waals surface area contributed by atoms with Crippen molar-refractivity contribution in [2.24, 2.45) is 0 Å². The highest BCUT2D eigenvalue weighted by Crippen LogP contribution is 2.45. The Bertz CT molecular complexity index is 738. The van der Waals surface area contributed by atoms with E-state index < -0.39 is 15.3 Å². The summed E-state index contributed by atoms with van der Waals surface area (Å²) >= 11 is 0. The average Bonchev–Trinajstić information content (AvgIpc) is 2.66. The summed E-state index contributed by atoms with van der Waals surface area (Å²) < 4.78 is 23.4. The van der Waals surface area contributed by atoms with Crippen molar-refractivity contribution in [3.05, 3.63) is 29.8 Å². The third-order valence-corrected chi connectivity index (χ3v) is 6.89. The van der Waals surface area contributed by atoms with Gasteiger partial charge in [-0.3, -0.25) is 4.79 Å². The molecule has 0 aromatic heterocycles. The highest BCUT2D eigenvalue weighted by molar-refractivity contribution is 7.90. The molecule has 0 N–H and O–H groups in total. The van der Waals surface area contributed by atoms with Gasteiger partial charge < -0.3 is 9.80 Å². The maximum atomic E-state index is 13.4. The lowest BCUT2D eigenvalue weighted by Crippen LogP contribution is -2.54. The van der Waals surface area contributed by atoms with Crippen LogP contribution in [0.1, 0.15) is 38.2 Å². The van der Waals surface area contributed by atoms with E-state index >= 15 is 0 Å². The lowest BCUT2D eigenvalue weighted by molar-refractivity contribution is -0.142. The largest absolute Gasteiger partial charge is 0.338 e. The number of sulfone groups is 1. The Labute approximate surface area is 150 Å². The Kier molecular flexibility index (Phi) is 4.95. The van der Waals surface area contributed by atoms with Crippen LogP contribution >= 0.6 is 0 Å². The fourth-order valence-electron chi connectivity index (χ4n) is 4.13. The lowest BCUT2D eigenvalue weighted by atomic mass is 9.63. The molecule has 1 saturated heterocycles. The van der Waals surface area contributed by atoms with E-state index in [1.54, 1.807) is 12.1 Å². The molecule has 1 aromatic rings. The Morgan fingerprint density at radius 1 is 1.12 bits per heavy atom. The first kappa shape index (κ1) is 18.4. The summed E-state index contributed by atoms with van der Waals surface area (Å²) in [5.74, 6) is 0.216. The zero-order chi connectivity index (χ0) is 18.2. The van der Waals surface area contributed by atoms with Crippen molar-refractivity contribution >= 4 is 15.7 Å². The van der Waals surface area contributed by atoms with Gasteiger partial charge in [0.1, 0.15) is 0 Å². The number of benzene rings is 1. The highest BCUT2D eigenvalue weighted by atomic mass is 32.2. The van der Waals surface area contributed by atoms with Gasteiger partial charge in [-0.25, -0.2) is 8.42 Å². The number of carbonyl (C=O) groups excluding carboxylic acids is 1. The molecule has 0 unspecified atom stereocenters. The standard InChI is InChI=1S/C19H28N2O3S/c1-15-14-20(2)12-5-13-21(15)18(22)19(10-4-11-19)16-6-8-17(9-7-16)25(3,23)24/h6-9,15H,4-5,10-14H2,1-3H3/t15-/m0/s1. The molecule has 1 aliphatic carbocycles. The summed E-state index contributed by atoms with van der Waals surface area (Å²) in [6.07, 6.45) is 4.95. The molecule has 2 fully saturated rings. The molecular formula is C19H28N2O3S. The van der Waals surface area contributed by atoms with Crippen molar-refractivity contribution in [3.8, 4) is 0 Å². The molecule has 0 spiro atoms. The van der Waals surface area contributed by atoms with Crippen LogP contribution in [0.25, 0.3) is 0 Å². The summed E-state index contributed by atoms with van der Waals surface area (Å²) in [5, 5.41) is 0. The van der Waals surface area contributed by atoms with Gasteiger partial charge in [0.25, 0.3) is 0 Å². The predicted molar refractivity (Wildman–Crippen MR) is 98.4 cm³/mol. The van der Waals surface area contributed by atoms with Gasteiger partial charge in [0.05, 0.1) is 10.3 Å². The Morgan fingerprint density at radius 3 is 2.28 bits per heavy atom. The molecule has 138 valence electrons. The molecule has 6 heteroatoms. The van der Waals surface area contributed by atoms with Crippen molar-refractivity contribution in [1.82, 2.24) is 9.80 Å². The topological polar surface area (TPSA) is 57.7 Å². The van der Waals surface area contributed by atoms with E-state index in [9.17, 15) is 13.2 Å². The molecule has 1 heterocycles. The predicted octanol–water partition coefficient (Wildman–Crippen LogP) is 2.06. The van der Waals surface area contributed by atoms with Gasteiger partial charge in [0.2, 0.25) is 5.91 Å². The molecule has 3 rings (SSSR count). The molecule has 5 nitrogen and oxygen atoms in total. The lowest BCUT2D eigenvalue weighted by Gasteiger charge is -2.45. The van der Waals surface area contributed by atoms with E-state index in [0.29, 0.717) is 4.90 Å². The highest BCUT2D eigenvalue weighted by Gasteiger charge is 2.48. The third kappa shape index (κ3) is 3.47. The Balaban J connectivity index is 1.88. The van der Waals surface area contributed by atoms with E-state index in [4.69, 9.17) is 0 Å². The second kappa shape index (κ2) is 6.72. The van der Waals surface area contributed by atoms with Crippen LogP contribution in [-0.2, 0) is 20.0 Å². The number of rotatable bonds is 3. The first-order valence-corrected chi connectivity index (χ1v) is 10.9. The van der Waals surface area contributed by atoms with Crippen LogP contribution in [0, 0.1) is 0 Å². The third-order valence-electron chi connectivity index (χ3n) is 5.76. The molecule has 25 heavy (non-hydrogen) atoms. The summed E-state index contributed by atoms with van der Waals surface area (Å²) in [7, 11) is -1.11. The van der Waals surface area contributed by atoms with E-state index in [1.165, 1.54) is 6.26 Å². The van der Waals surface area contributed by atoms with Crippen molar-refractivity contribution < 1.29 is 13.2 Å². The summed E-state index contributed by atoms with van der Waals surface area (Å²) in [6, 6.07) is 7.15. The van der Waals surface area contributed by atoms with Crippen LogP contribution in [0.15, 0.2) is 29.2 Å². The summed E-state index contributed by atoms with van der Waals surface area (Å²) in [6.45, 7) is 4.84. The summed E-state index contributed by atoms with van der Waals surface area (Å²) in [5.41, 5.74) is 0.494. The number of nitrogens with zero attached hydrogens (tertiary/aromatic N) is 2. The molecule has 1 atom stereocenters. The second-order valence-electron chi connectivity index (χ2n) is 7.70.